The summed E-state index contributed by atoms with van der Waals surface area (Å²) in [5.74, 6) is 0.188. The molecule has 0 fully saturated rings. The molecule has 10 heavy (non-hydrogen) atoms. The maximum absolute atomic E-state index is 8.76. The largest absolute Gasteiger partial charge is 0.396 e. The first-order valence-electron chi connectivity index (χ1n) is 3.17. The van der Waals surface area contributed by atoms with E-state index in [0.717, 1.165) is 0 Å². The number of rotatable bonds is 4. The Balaban J connectivity index is 3.60. The van der Waals surface area contributed by atoms with Crippen LogP contribution in [-0.4, -0.2) is 24.5 Å². The van der Waals surface area contributed by atoms with Gasteiger partial charge in [-0.15, -0.1) is 0 Å². The summed E-state index contributed by atoms with van der Waals surface area (Å²) in [6.07, 6.45) is 3.71. The van der Waals surface area contributed by atoms with Crippen LogP contribution in [0.5, 0.6) is 0 Å². The van der Waals surface area contributed by atoms with Gasteiger partial charge in [-0.3, -0.25) is 4.99 Å². The van der Waals surface area contributed by atoms with E-state index in [1.54, 1.807) is 6.21 Å². The van der Waals surface area contributed by atoms with Crippen molar-refractivity contribution in [3.8, 4) is 0 Å². The lowest BCUT2D eigenvalue weighted by molar-refractivity contribution is 0.256. The summed E-state index contributed by atoms with van der Waals surface area (Å²) in [7, 11) is 0. The molecule has 1 atom stereocenters. The van der Waals surface area contributed by atoms with E-state index in [4.69, 9.17) is 5.11 Å². The summed E-state index contributed by atoms with van der Waals surface area (Å²) in [5.41, 5.74) is 0. The van der Waals surface area contributed by atoms with Crippen LogP contribution in [0, 0.1) is 5.92 Å². The van der Waals surface area contributed by atoms with Crippen molar-refractivity contribution in [1.82, 2.24) is 0 Å². The second-order valence-corrected chi connectivity index (χ2v) is 2.60. The third-order valence-corrected chi connectivity index (χ3v) is 1.52. The molecular weight excluding hydrogens is 241 g/mol. The Morgan fingerprint density at radius 3 is 2.80 bits per heavy atom. The lowest BCUT2D eigenvalue weighted by Crippen LogP contribution is -2.05. The lowest BCUT2D eigenvalue weighted by atomic mass is 10.2. The molecule has 0 radical (unpaired) electrons. The van der Waals surface area contributed by atoms with Crippen molar-refractivity contribution in [3.63, 3.8) is 0 Å². The number of nitrogens with zero attached hydrogens (tertiary/aromatic N) is 1. The monoisotopic (exact) mass is 253 g/mol. The average molecular weight is 253 g/mol. The highest BCUT2D eigenvalue weighted by atomic mass is 127. The van der Waals surface area contributed by atoms with E-state index in [0.29, 0.717) is 6.54 Å². The van der Waals surface area contributed by atoms with Crippen molar-refractivity contribution in [3.05, 3.63) is 10.2 Å². The van der Waals surface area contributed by atoms with Gasteiger partial charge in [-0.1, -0.05) is 28.7 Å². The van der Waals surface area contributed by atoms with Crippen molar-refractivity contribution in [2.75, 3.05) is 13.2 Å². The minimum absolute atomic E-state index is 0.177. The molecule has 0 bridgehead atoms. The van der Waals surface area contributed by atoms with Gasteiger partial charge in [-0.2, -0.15) is 0 Å². The highest BCUT2D eigenvalue weighted by Gasteiger charge is 1.98. The number of hydrogen-bond acceptors (Lipinski definition) is 2. The second kappa shape index (κ2) is 7.21. The van der Waals surface area contributed by atoms with Crippen LogP contribution in [0.3, 0.4) is 0 Å². The summed E-state index contributed by atoms with van der Waals surface area (Å²) in [6.45, 7) is 2.74. The first-order valence-corrected chi connectivity index (χ1v) is 4.42. The standard InChI is InChI=1S/C7H12INO/c1-2-9-5-7(6-10)3-4-8/h2-4,7,10H,5-6H2,1H3/b4-3-,9-2?. The molecular formula is C7H12INO. The maximum atomic E-state index is 8.76. The molecule has 0 spiro atoms. The summed E-state index contributed by atoms with van der Waals surface area (Å²) in [4.78, 5) is 4.02. The molecule has 1 unspecified atom stereocenters. The van der Waals surface area contributed by atoms with Crippen molar-refractivity contribution < 1.29 is 5.11 Å². The molecule has 0 aromatic rings. The summed E-state index contributed by atoms with van der Waals surface area (Å²) < 4.78 is 1.91. The minimum atomic E-state index is 0.177. The van der Waals surface area contributed by atoms with E-state index in [2.05, 4.69) is 27.6 Å². The molecule has 0 saturated heterocycles. The van der Waals surface area contributed by atoms with Gasteiger partial charge in [0.15, 0.2) is 0 Å². The first kappa shape index (κ1) is 10.1. The third-order valence-electron chi connectivity index (χ3n) is 1.10. The topological polar surface area (TPSA) is 32.6 Å². The predicted octanol–water partition coefficient (Wildman–Crippen LogP) is 1.63. The number of aliphatic imine (C=N–C) groups is 1. The van der Waals surface area contributed by atoms with Crippen LogP contribution >= 0.6 is 22.6 Å². The van der Waals surface area contributed by atoms with Gasteiger partial charge in [0.25, 0.3) is 0 Å². The zero-order chi connectivity index (χ0) is 7.82. The zero-order valence-corrected chi connectivity index (χ0v) is 8.15. The molecule has 0 aliphatic rings. The first-order chi connectivity index (χ1) is 4.85. The van der Waals surface area contributed by atoms with E-state index in [9.17, 15) is 0 Å². The Morgan fingerprint density at radius 2 is 2.40 bits per heavy atom. The Bertz CT molecular complexity index is 123. The number of halogens is 1. The summed E-state index contributed by atoms with van der Waals surface area (Å²) >= 11 is 2.13. The van der Waals surface area contributed by atoms with E-state index in [1.165, 1.54) is 0 Å². The Labute approximate surface area is 75.2 Å². The van der Waals surface area contributed by atoms with Crippen LogP contribution in [0.4, 0.5) is 0 Å². The van der Waals surface area contributed by atoms with Gasteiger partial charge in [-0.25, -0.2) is 0 Å². The molecule has 3 heteroatoms. The lowest BCUT2D eigenvalue weighted by Gasteiger charge is -2.02. The van der Waals surface area contributed by atoms with Crippen LogP contribution < -0.4 is 0 Å². The fraction of sp³-hybridized carbons (Fsp3) is 0.571. The van der Waals surface area contributed by atoms with Gasteiger partial charge in [0.05, 0.1) is 6.61 Å². The highest BCUT2D eigenvalue weighted by molar-refractivity contribution is 14.1. The number of aliphatic hydroxyl groups excluding tert-OH is 1. The van der Waals surface area contributed by atoms with Crippen LogP contribution in [0.1, 0.15) is 6.92 Å². The number of hydrogen-bond donors (Lipinski definition) is 1. The van der Waals surface area contributed by atoms with Gasteiger partial charge in [0.2, 0.25) is 0 Å². The van der Waals surface area contributed by atoms with Crippen LogP contribution in [0.15, 0.2) is 15.2 Å². The highest BCUT2D eigenvalue weighted by Crippen LogP contribution is 2.00. The van der Waals surface area contributed by atoms with Crippen LogP contribution in [-0.2, 0) is 0 Å². The minimum Gasteiger partial charge on any atom is -0.396 e. The predicted molar refractivity (Wildman–Crippen MR) is 52.8 cm³/mol. The maximum Gasteiger partial charge on any atom is 0.0511 e. The molecule has 0 heterocycles. The van der Waals surface area contributed by atoms with Gasteiger partial charge in [-0.05, 0) is 17.2 Å². The van der Waals surface area contributed by atoms with Crippen LogP contribution in [0.25, 0.3) is 0 Å². The molecule has 2 nitrogen and oxygen atoms in total. The van der Waals surface area contributed by atoms with Crippen molar-refractivity contribution >= 4 is 28.8 Å². The Kier molecular flexibility index (Phi) is 7.28. The van der Waals surface area contributed by atoms with E-state index >= 15 is 0 Å². The SMILES string of the molecule is CC=NCC(/C=C\I)CO. The quantitative estimate of drug-likeness (QED) is 0.599. The zero-order valence-electron chi connectivity index (χ0n) is 6.00. The fourth-order valence-electron chi connectivity index (χ4n) is 0.523. The molecule has 0 amide bonds. The molecule has 1 N–H and O–H groups in total. The van der Waals surface area contributed by atoms with Gasteiger partial charge >= 0.3 is 0 Å². The number of aliphatic hydroxyl groups is 1. The molecule has 0 aliphatic heterocycles. The Hall–Kier alpha value is 0.1000. The fourth-order valence-corrected chi connectivity index (χ4v) is 1.11. The summed E-state index contributed by atoms with van der Waals surface area (Å²) in [5, 5.41) is 8.76. The molecule has 0 aliphatic carbocycles. The van der Waals surface area contributed by atoms with Crippen LogP contribution in [0.2, 0.25) is 0 Å². The molecule has 0 aromatic carbocycles. The average Bonchev–Trinajstić information content (AvgIpc) is 1.98. The molecule has 0 aromatic heterocycles. The van der Waals surface area contributed by atoms with Crippen molar-refractivity contribution in [2.24, 2.45) is 10.9 Å². The normalized spacial score (nSPS) is 15.1. The molecule has 0 saturated carbocycles. The molecule has 0 rings (SSSR count). The van der Waals surface area contributed by atoms with E-state index in [1.807, 2.05) is 17.1 Å². The van der Waals surface area contributed by atoms with Gasteiger partial charge < -0.3 is 5.11 Å². The van der Waals surface area contributed by atoms with E-state index in [-0.39, 0.29) is 12.5 Å². The van der Waals surface area contributed by atoms with Crippen molar-refractivity contribution in [2.45, 2.75) is 6.92 Å². The molecule has 58 valence electrons. The van der Waals surface area contributed by atoms with E-state index < -0.39 is 0 Å². The van der Waals surface area contributed by atoms with Crippen molar-refractivity contribution in [1.29, 1.82) is 0 Å². The van der Waals surface area contributed by atoms with Gasteiger partial charge in [0.1, 0.15) is 0 Å². The third kappa shape index (κ3) is 4.93. The second-order valence-electron chi connectivity index (χ2n) is 1.88. The van der Waals surface area contributed by atoms with Gasteiger partial charge in [0, 0.05) is 12.5 Å². The smallest absolute Gasteiger partial charge is 0.0511 e. The Morgan fingerprint density at radius 1 is 1.70 bits per heavy atom. The summed E-state index contributed by atoms with van der Waals surface area (Å²) in [6, 6.07) is 0.